The summed E-state index contributed by atoms with van der Waals surface area (Å²) in [6, 6.07) is 5.21. The fourth-order valence-electron chi connectivity index (χ4n) is 1.48. The quantitative estimate of drug-likeness (QED) is 0.649. The van der Waals surface area contributed by atoms with Gasteiger partial charge in [-0.05, 0) is 18.2 Å². The number of carboxylic acid groups (broad SMARTS) is 1. The van der Waals surface area contributed by atoms with Gasteiger partial charge in [0.15, 0.2) is 0 Å². The minimum absolute atomic E-state index is 0.342. The molecular formula is C10H9O4-. The van der Waals surface area contributed by atoms with Crippen molar-refractivity contribution in [1.29, 1.82) is 0 Å². The zero-order chi connectivity index (χ0) is 10.1. The summed E-state index contributed by atoms with van der Waals surface area (Å²) >= 11 is 0. The summed E-state index contributed by atoms with van der Waals surface area (Å²) in [7, 11) is 1.56. The van der Waals surface area contributed by atoms with Gasteiger partial charge in [-0.25, -0.2) is 0 Å². The summed E-state index contributed by atoms with van der Waals surface area (Å²) in [5.41, 5.74) is 0.846. The fraction of sp³-hybridized carbons (Fsp3) is 0.300. The maximum atomic E-state index is 10.6. The lowest BCUT2D eigenvalue weighted by Crippen LogP contribution is -2.38. The molecule has 1 aliphatic rings. The number of ether oxygens (including phenoxy) is 2. The van der Waals surface area contributed by atoms with Crippen LogP contribution >= 0.6 is 0 Å². The van der Waals surface area contributed by atoms with Crippen LogP contribution in [0.25, 0.3) is 0 Å². The van der Waals surface area contributed by atoms with Crippen molar-refractivity contribution < 1.29 is 19.4 Å². The van der Waals surface area contributed by atoms with Crippen LogP contribution in [-0.4, -0.2) is 19.2 Å². The smallest absolute Gasteiger partial charge is 0.142 e. The predicted molar refractivity (Wildman–Crippen MR) is 46.1 cm³/mol. The van der Waals surface area contributed by atoms with E-state index in [1.807, 2.05) is 0 Å². The van der Waals surface area contributed by atoms with Crippen molar-refractivity contribution in [3.63, 3.8) is 0 Å². The first kappa shape index (κ1) is 8.87. The van der Waals surface area contributed by atoms with E-state index in [0.29, 0.717) is 17.9 Å². The molecule has 4 nitrogen and oxygen atoms in total. The lowest BCUT2D eigenvalue weighted by atomic mass is 10.1. The minimum Gasteiger partial charge on any atom is -0.546 e. The van der Waals surface area contributed by atoms with Crippen LogP contribution in [0.4, 0.5) is 0 Å². The van der Waals surface area contributed by atoms with E-state index in [-0.39, 0.29) is 0 Å². The lowest BCUT2D eigenvalue weighted by Gasteiger charge is -2.10. The van der Waals surface area contributed by atoms with Gasteiger partial charge in [0.25, 0.3) is 0 Å². The molecule has 0 aliphatic carbocycles. The average molecular weight is 193 g/mol. The van der Waals surface area contributed by atoms with Gasteiger partial charge in [0.05, 0.1) is 13.1 Å². The number of methoxy groups -OCH3 is 1. The van der Waals surface area contributed by atoms with Crippen molar-refractivity contribution in [2.75, 3.05) is 7.11 Å². The molecule has 0 saturated heterocycles. The van der Waals surface area contributed by atoms with Gasteiger partial charge in [-0.15, -0.1) is 0 Å². The van der Waals surface area contributed by atoms with E-state index in [2.05, 4.69) is 0 Å². The minimum atomic E-state index is -1.18. The van der Waals surface area contributed by atoms with Crippen molar-refractivity contribution >= 4 is 5.97 Å². The number of rotatable bonds is 2. The molecule has 74 valence electrons. The number of hydrogen-bond donors (Lipinski definition) is 0. The third-order valence-electron chi connectivity index (χ3n) is 2.21. The Labute approximate surface area is 81.1 Å². The molecule has 0 radical (unpaired) electrons. The molecule has 0 amide bonds. The molecule has 1 atom stereocenters. The Morgan fingerprint density at radius 2 is 2.43 bits per heavy atom. The van der Waals surface area contributed by atoms with Crippen LogP contribution in [-0.2, 0) is 11.2 Å². The van der Waals surface area contributed by atoms with Gasteiger partial charge in [-0.3, -0.25) is 0 Å². The second kappa shape index (κ2) is 3.21. The zero-order valence-corrected chi connectivity index (χ0v) is 7.65. The highest BCUT2D eigenvalue weighted by atomic mass is 16.5. The molecule has 0 aromatic heterocycles. The molecule has 0 fully saturated rings. The number of benzene rings is 1. The van der Waals surface area contributed by atoms with E-state index in [1.54, 1.807) is 25.3 Å². The molecule has 1 aliphatic heterocycles. The number of carbonyl (C=O) groups is 1. The Morgan fingerprint density at radius 3 is 3.07 bits per heavy atom. The van der Waals surface area contributed by atoms with Crippen molar-refractivity contribution in [2.24, 2.45) is 0 Å². The first-order chi connectivity index (χ1) is 6.70. The lowest BCUT2D eigenvalue weighted by molar-refractivity contribution is -0.312. The topological polar surface area (TPSA) is 58.6 Å². The number of hydrogen-bond acceptors (Lipinski definition) is 4. The molecule has 0 bridgehead atoms. The Bertz CT molecular complexity index is 372. The summed E-state index contributed by atoms with van der Waals surface area (Å²) in [4.78, 5) is 10.6. The third-order valence-corrected chi connectivity index (χ3v) is 2.21. The Morgan fingerprint density at radius 1 is 1.64 bits per heavy atom. The molecule has 14 heavy (non-hydrogen) atoms. The molecule has 4 heteroatoms. The Hall–Kier alpha value is -1.71. The normalized spacial score (nSPS) is 18.5. The van der Waals surface area contributed by atoms with Crippen LogP contribution in [0, 0.1) is 0 Å². The van der Waals surface area contributed by atoms with Crippen LogP contribution in [0.2, 0.25) is 0 Å². The van der Waals surface area contributed by atoms with Crippen molar-refractivity contribution in [2.45, 2.75) is 12.5 Å². The highest BCUT2D eigenvalue weighted by Gasteiger charge is 2.23. The van der Waals surface area contributed by atoms with Gasteiger partial charge >= 0.3 is 0 Å². The van der Waals surface area contributed by atoms with Gasteiger partial charge in [0.2, 0.25) is 0 Å². The second-order valence-electron chi connectivity index (χ2n) is 3.10. The SMILES string of the molecule is COc1ccc2c(c1)C[C@H](C(=O)[O-])O2. The molecule has 1 aromatic rings. The Balaban J connectivity index is 2.27. The standard InChI is InChI=1S/C10H10O4/c1-13-7-2-3-8-6(4-7)5-9(14-8)10(11)12/h2-4,9H,5H2,1H3,(H,11,12)/p-1/t9-/m1/s1. The highest BCUT2D eigenvalue weighted by molar-refractivity contribution is 5.72. The monoisotopic (exact) mass is 193 g/mol. The number of fused-ring (bicyclic) bond motifs is 1. The maximum absolute atomic E-state index is 10.6. The number of carboxylic acids is 1. The molecule has 0 unspecified atom stereocenters. The maximum Gasteiger partial charge on any atom is 0.142 e. The van der Waals surface area contributed by atoms with Crippen LogP contribution in [0.5, 0.6) is 11.5 Å². The van der Waals surface area contributed by atoms with Gasteiger partial charge in [0.1, 0.15) is 17.6 Å². The summed E-state index contributed by atoms with van der Waals surface area (Å²) in [5.74, 6) is 0.117. The van der Waals surface area contributed by atoms with E-state index in [4.69, 9.17) is 9.47 Å². The van der Waals surface area contributed by atoms with Crippen molar-refractivity contribution in [3.8, 4) is 11.5 Å². The van der Waals surface area contributed by atoms with E-state index in [0.717, 1.165) is 5.56 Å². The van der Waals surface area contributed by atoms with Crippen molar-refractivity contribution in [1.82, 2.24) is 0 Å². The van der Waals surface area contributed by atoms with Gasteiger partial charge in [-0.2, -0.15) is 0 Å². The molecule has 1 aromatic carbocycles. The van der Waals surface area contributed by atoms with Crippen LogP contribution in [0.3, 0.4) is 0 Å². The summed E-state index contributed by atoms with van der Waals surface area (Å²) in [6.45, 7) is 0. The van der Waals surface area contributed by atoms with E-state index in [9.17, 15) is 9.90 Å². The van der Waals surface area contributed by atoms with Gasteiger partial charge in [0, 0.05) is 12.0 Å². The van der Waals surface area contributed by atoms with E-state index >= 15 is 0 Å². The summed E-state index contributed by atoms with van der Waals surface area (Å²) < 4.78 is 10.2. The molecular weight excluding hydrogens is 184 g/mol. The zero-order valence-electron chi connectivity index (χ0n) is 7.65. The number of aliphatic carboxylic acids is 1. The Kier molecular flexibility index (Phi) is 2.04. The molecule has 0 N–H and O–H groups in total. The van der Waals surface area contributed by atoms with Crippen LogP contribution in [0.15, 0.2) is 18.2 Å². The predicted octanol–water partition coefficient (Wildman–Crippen LogP) is -0.251. The molecule has 1 heterocycles. The fourth-order valence-corrected chi connectivity index (χ4v) is 1.48. The largest absolute Gasteiger partial charge is 0.546 e. The van der Waals surface area contributed by atoms with Crippen molar-refractivity contribution in [3.05, 3.63) is 23.8 Å². The molecule has 2 rings (SSSR count). The van der Waals surface area contributed by atoms with E-state index in [1.165, 1.54) is 0 Å². The first-order valence-electron chi connectivity index (χ1n) is 4.25. The average Bonchev–Trinajstić information content (AvgIpc) is 2.59. The molecule has 0 saturated carbocycles. The van der Waals surface area contributed by atoms with Gasteiger partial charge in [-0.1, -0.05) is 0 Å². The number of carbonyl (C=O) groups excluding carboxylic acids is 1. The van der Waals surface area contributed by atoms with Crippen LogP contribution in [0.1, 0.15) is 5.56 Å². The molecule has 0 spiro atoms. The highest BCUT2D eigenvalue weighted by Crippen LogP contribution is 2.31. The first-order valence-corrected chi connectivity index (χ1v) is 4.25. The summed E-state index contributed by atoms with van der Waals surface area (Å²) in [5, 5.41) is 10.6. The van der Waals surface area contributed by atoms with Crippen LogP contribution < -0.4 is 14.6 Å². The van der Waals surface area contributed by atoms with Gasteiger partial charge < -0.3 is 19.4 Å². The van der Waals surface area contributed by atoms with E-state index < -0.39 is 12.1 Å². The third kappa shape index (κ3) is 1.39. The second-order valence-corrected chi connectivity index (χ2v) is 3.10. The summed E-state index contributed by atoms with van der Waals surface area (Å²) in [6.07, 6.45) is -0.522.